The fourth-order valence-electron chi connectivity index (χ4n) is 3.69. The summed E-state index contributed by atoms with van der Waals surface area (Å²) >= 11 is 0. The summed E-state index contributed by atoms with van der Waals surface area (Å²) in [7, 11) is 0. The first-order valence-electron chi connectivity index (χ1n) is 11.7. The summed E-state index contributed by atoms with van der Waals surface area (Å²) in [5, 5.41) is 2.80. The van der Waals surface area contributed by atoms with Crippen LogP contribution in [-0.2, 0) is 18.9 Å². The molecule has 7 heteroatoms. The van der Waals surface area contributed by atoms with Crippen LogP contribution in [0.4, 0.5) is 4.79 Å². The molecule has 30 heavy (non-hydrogen) atoms. The predicted molar refractivity (Wildman–Crippen MR) is 120 cm³/mol. The molecule has 1 rings (SSSR count). The molecule has 0 heterocycles. The molecular formula is C23H44N2O5. The lowest BCUT2D eigenvalue weighted by Crippen LogP contribution is -2.27. The molecule has 0 bridgehead atoms. The molecular weight excluding hydrogens is 384 g/mol. The van der Waals surface area contributed by atoms with E-state index in [2.05, 4.69) is 18.8 Å². The predicted octanol–water partition coefficient (Wildman–Crippen LogP) is 3.52. The zero-order valence-corrected chi connectivity index (χ0v) is 18.9. The Kier molecular flexibility index (Phi) is 16.7. The lowest BCUT2D eigenvalue weighted by Gasteiger charge is -2.08. The van der Waals surface area contributed by atoms with E-state index in [9.17, 15) is 4.79 Å². The molecule has 0 aromatic heterocycles. The van der Waals surface area contributed by atoms with E-state index in [1.54, 1.807) is 0 Å². The Bertz CT molecular complexity index is 436. The highest BCUT2D eigenvalue weighted by Crippen LogP contribution is 2.52. The molecule has 0 radical (unpaired) electrons. The van der Waals surface area contributed by atoms with Crippen LogP contribution in [-0.4, -0.2) is 65.4 Å². The van der Waals surface area contributed by atoms with Crippen LogP contribution in [0, 0.1) is 17.8 Å². The van der Waals surface area contributed by atoms with Crippen molar-refractivity contribution in [2.24, 2.45) is 23.5 Å². The van der Waals surface area contributed by atoms with Gasteiger partial charge in [-0.2, -0.15) is 0 Å². The number of unbranched alkanes of at least 4 members (excludes halogenated alkanes) is 1. The van der Waals surface area contributed by atoms with E-state index in [1.165, 1.54) is 19.3 Å². The van der Waals surface area contributed by atoms with Gasteiger partial charge in [0.05, 0.1) is 33.0 Å². The first-order valence-corrected chi connectivity index (χ1v) is 11.7. The van der Waals surface area contributed by atoms with E-state index in [1.807, 2.05) is 6.08 Å². The number of ether oxygens (including phenoxy) is 4. The Labute approximate surface area is 183 Å². The second-order valence-corrected chi connectivity index (χ2v) is 7.86. The minimum Gasteiger partial charge on any atom is -0.449 e. The summed E-state index contributed by atoms with van der Waals surface area (Å²) in [4.78, 5) is 11.9. The maximum Gasteiger partial charge on any atom is 0.407 e. The molecule has 0 aromatic carbocycles. The van der Waals surface area contributed by atoms with Crippen molar-refractivity contribution in [2.75, 3.05) is 59.3 Å². The monoisotopic (exact) mass is 428 g/mol. The van der Waals surface area contributed by atoms with Gasteiger partial charge >= 0.3 is 6.09 Å². The zero-order valence-electron chi connectivity index (χ0n) is 18.9. The standard InChI is InChI=1S/C23H44N2O5/c1-3-5-9-20-21(10-6-4-2)22(20)19-30-23(26)25-12-8-14-28-16-18-29-17-15-27-13-7-11-24/h3,20-22H,1,4-19,24H2,2H3,(H,25,26). The lowest BCUT2D eigenvalue weighted by atomic mass is 10.1. The molecule has 0 aromatic rings. The van der Waals surface area contributed by atoms with E-state index >= 15 is 0 Å². The molecule has 1 saturated carbocycles. The first kappa shape index (κ1) is 26.9. The Morgan fingerprint density at radius 3 is 2.20 bits per heavy atom. The Balaban J connectivity index is 1.92. The van der Waals surface area contributed by atoms with Gasteiger partial charge in [0.1, 0.15) is 0 Å². The summed E-state index contributed by atoms with van der Waals surface area (Å²) in [6, 6.07) is 0. The van der Waals surface area contributed by atoms with Crippen molar-refractivity contribution in [2.45, 2.75) is 51.9 Å². The minimum absolute atomic E-state index is 0.323. The van der Waals surface area contributed by atoms with Crippen molar-refractivity contribution >= 4 is 6.09 Å². The first-order chi connectivity index (χ1) is 14.7. The fourth-order valence-corrected chi connectivity index (χ4v) is 3.69. The maximum atomic E-state index is 11.9. The molecule has 176 valence electrons. The van der Waals surface area contributed by atoms with Crippen molar-refractivity contribution in [3.63, 3.8) is 0 Å². The summed E-state index contributed by atoms with van der Waals surface area (Å²) in [6.07, 6.45) is 9.21. The zero-order chi connectivity index (χ0) is 21.9. The van der Waals surface area contributed by atoms with Crippen LogP contribution in [0.2, 0.25) is 0 Å². The largest absolute Gasteiger partial charge is 0.449 e. The lowest BCUT2D eigenvalue weighted by molar-refractivity contribution is 0.0140. The quantitative estimate of drug-likeness (QED) is 0.215. The van der Waals surface area contributed by atoms with Crippen molar-refractivity contribution in [3.05, 3.63) is 12.7 Å². The Morgan fingerprint density at radius 2 is 1.57 bits per heavy atom. The van der Waals surface area contributed by atoms with Gasteiger partial charge in [-0.15, -0.1) is 6.58 Å². The van der Waals surface area contributed by atoms with Gasteiger partial charge in [-0.1, -0.05) is 25.8 Å². The normalized spacial score (nSPS) is 20.1. The highest BCUT2D eigenvalue weighted by Gasteiger charge is 2.48. The molecule has 1 aliphatic carbocycles. The molecule has 0 spiro atoms. The Morgan fingerprint density at radius 1 is 0.933 bits per heavy atom. The molecule has 7 nitrogen and oxygen atoms in total. The van der Waals surface area contributed by atoms with Gasteiger partial charge in [-0.3, -0.25) is 0 Å². The number of nitrogens with one attached hydrogen (secondary N) is 1. The second-order valence-electron chi connectivity index (χ2n) is 7.86. The van der Waals surface area contributed by atoms with Crippen molar-refractivity contribution in [1.29, 1.82) is 0 Å². The molecule has 3 unspecified atom stereocenters. The van der Waals surface area contributed by atoms with Crippen molar-refractivity contribution < 1.29 is 23.7 Å². The van der Waals surface area contributed by atoms with E-state index in [4.69, 9.17) is 24.7 Å². The van der Waals surface area contributed by atoms with E-state index in [0.29, 0.717) is 77.1 Å². The molecule has 1 aliphatic rings. The maximum absolute atomic E-state index is 11.9. The second kappa shape index (κ2) is 18.6. The number of rotatable bonds is 21. The van der Waals surface area contributed by atoms with E-state index in [0.717, 1.165) is 25.7 Å². The van der Waals surface area contributed by atoms with Gasteiger partial charge in [0.2, 0.25) is 0 Å². The molecule has 0 saturated heterocycles. The van der Waals surface area contributed by atoms with Gasteiger partial charge in [-0.05, 0) is 56.4 Å². The number of alkyl carbamates (subject to hydrolysis) is 1. The number of hydrogen-bond acceptors (Lipinski definition) is 6. The van der Waals surface area contributed by atoms with Crippen LogP contribution in [0.3, 0.4) is 0 Å². The third-order valence-corrected chi connectivity index (χ3v) is 5.48. The fraction of sp³-hybridized carbons (Fsp3) is 0.870. The van der Waals surface area contributed by atoms with Crippen LogP contribution in [0.15, 0.2) is 12.7 Å². The molecule has 3 atom stereocenters. The average molecular weight is 429 g/mol. The number of amides is 1. The van der Waals surface area contributed by atoms with E-state index in [-0.39, 0.29) is 6.09 Å². The third kappa shape index (κ3) is 13.2. The highest BCUT2D eigenvalue weighted by molar-refractivity contribution is 5.67. The topological polar surface area (TPSA) is 92.0 Å². The van der Waals surface area contributed by atoms with Gasteiger partial charge in [0.15, 0.2) is 0 Å². The number of carbonyl (C=O) groups is 1. The summed E-state index contributed by atoms with van der Waals surface area (Å²) in [5.74, 6) is 1.93. The average Bonchev–Trinajstić information content (AvgIpc) is 3.43. The van der Waals surface area contributed by atoms with Crippen LogP contribution >= 0.6 is 0 Å². The van der Waals surface area contributed by atoms with Gasteiger partial charge < -0.3 is 30.0 Å². The SMILES string of the molecule is C=CCCC1C(CCCC)C1COC(=O)NCCCOCCOCCOCCCN. The molecule has 0 aliphatic heterocycles. The van der Waals surface area contributed by atoms with Gasteiger partial charge in [-0.25, -0.2) is 4.79 Å². The van der Waals surface area contributed by atoms with Crippen molar-refractivity contribution in [1.82, 2.24) is 5.32 Å². The van der Waals surface area contributed by atoms with Gasteiger partial charge in [0, 0.05) is 19.8 Å². The van der Waals surface area contributed by atoms with Crippen molar-refractivity contribution in [3.8, 4) is 0 Å². The summed E-state index contributed by atoms with van der Waals surface area (Å²) in [5.41, 5.74) is 5.38. The van der Waals surface area contributed by atoms with Gasteiger partial charge in [0.25, 0.3) is 0 Å². The van der Waals surface area contributed by atoms with Crippen LogP contribution in [0.1, 0.15) is 51.9 Å². The van der Waals surface area contributed by atoms with Crippen LogP contribution in [0.5, 0.6) is 0 Å². The number of hydrogen-bond donors (Lipinski definition) is 2. The molecule has 1 amide bonds. The highest BCUT2D eigenvalue weighted by atomic mass is 16.6. The number of nitrogens with two attached hydrogens (primary N) is 1. The number of allylic oxidation sites excluding steroid dienone is 1. The minimum atomic E-state index is -0.323. The smallest absolute Gasteiger partial charge is 0.407 e. The van der Waals surface area contributed by atoms with Crippen LogP contribution in [0.25, 0.3) is 0 Å². The Hall–Kier alpha value is -1.15. The third-order valence-electron chi connectivity index (χ3n) is 5.48. The molecule has 1 fully saturated rings. The number of carbonyl (C=O) groups excluding carboxylic acids is 1. The summed E-state index contributed by atoms with van der Waals surface area (Å²) < 4.78 is 21.7. The van der Waals surface area contributed by atoms with Crippen LogP contribution < -0.4 is 11.1 Å². The summed E-state index contributed by atoms with van der Waals surface area (Å²) in [6.45, 7) is 11.3. The van der Waals surface area contributed by atoms with E-state index < -0.39 is 0 Å². The molecule has 3 N–H and O–H groups in total.